The maximum atomic E-state index is 11.7. The van der Waals surface area contributed by atoms with Crippen molar-refractivity contribution in [2.24, 2.45) is 0 Å². The van der Waals surface area contributed by atoms with Crippen molar-refractivity contribution in [2.75, 3.05) is 25.1 Å². The Morgan fingerprint density at radius 1 is 1.50 bits per heavy atom. The fourth-order valence-electron chi connectivity index (χ4n) is 1.29. The maximum absolute atomic E-state index is 11.7. The van der Waals surface area contributed by atoms with Gasteiger partial charge in [-0.2, -0.15) is 8.42 Å². The smallest absolute Gasteiger partial charge is 0.266 e. The van der Waals surface area contributed by atoms with Gasteiger partial charge in [-0.25, -0.2) is 0 Å². The summed E-state index contributed by atoms with van der Waals surface area (Å²) in [7, 11) is -2.69. The summed E-state index contributed by atoms with van der Waals surface area (Å²) < 4.78 is 34.5. The zero-order valence-corrected chi connectivity index (χ0v) is 10.5. The molecule has 1 aromatic rings. The number of carbonyl (C=O) groups is 1. The summed E-state index contributed by atoms with van der Waals surface area (Å²) in [6.07, 6.45) is 0. The number of nitrogen functional groups attached to an aromatic ring is 1. The molecule has 0 aliphatic rings. The summed E-state index contributed by atoms with van der Waals surface area (Å²) in [5.74, 6) is -0.750. The Balaban J connectivity index is 2.75. The highest BCUT2D eigenvalue weighted by Crippen LogP contribution is 2.20. The van der Waals surface area contributed by atoms with Gasteiger partial charge in [0.2, 0.25) is 0 Å². The first kappa shape index (κ1) is 14.3. The van der Waals surface area contributed by atoms with Gasteiger partial charge in [-0.1, -0.05) is 0 Å². The van der Waals surface area contributed by atoms with Crippen molar-refractivity contribution in [1.29, 1.82) is 0 Å². The van der Waals surface area contributed by atoms with Crippen LogP contribution in [0.3, 0.4) is 0 Å². The Labute approximate surface area is 105 Å². The topological polar surface area (TPSA) is 119 Å². The van der Waals surface area contributed by atoms with Gasteiger partial charge in [0.15, 0.2) is 0 Å². The number of methoxy groups -OCH3 is 1. The third kappa shape index (κ3) is 4.22. The Bertz CT molecular complexity index is 541. The predicted molar refractivity (Wildman–Crippen MR) is 66.2 cm³/mol. The summed E-state index contributed by atoms with van der Waals surface area (Å²) in [6.45, 7) is -0.199. The Kier molecular flexibility index (Phi) is 4.51. The molecule has 4 N–H and O–H groups in total. The average molecular weight is 274 g/mol. The number of anilines is 1. The van der Waals surface area contributed by atoms with E-state index in [4.69, 9.17) is 15.0 Å². The molecule has 0 bridgehead atoms. The summed E-state index contributed by atoms with van der Waals surface area (Å²) in [4.78, 5) is 11.7. The van der Waals surface area contributed by atoms with E-state index < -0.39 is 21.8 Å². The monoisotopic (exact) mass is 274 g/mol. The Morgan fingerprint density at radius 2 is 2.17 bits per heavy atom. The van der Waals surface area contributed by atoms with E-state index in [-0.39, 0.29) is 12.1 Å². The van der Waals surface area contributed by atoms with Crippen molar-refractivity contribution in [2.45, 2.75) is 0 Å². The minimum Gasteiger partial charge on any atom is -0.496 e. The Hall–Kier alpha value is -1.80. The summed E-state index contributed by atoms with van der Waals surface area (Å²) in [5, 5.41) is 2.34. The number of hydrogen-bond donors (Lipinski definition) is 3. The van der Waals surface area contributed by atoms with Crippen molar-refractivity contribution < 1.29 is 22.5 Å². The number of carbonyl (C=O) groups excluding carboxylic acids is 1. The molecule has 0 aliphatic carbocycles. The van der Waals surface area contributed by atoms with Crippen LogP contribution in [0.5, 0.6) is 5.75 Å². The van der Waals surface area contributed by atoms with Crippen molar-refractivity contribution in [3.05, 3.63) is 23.8 Å². The molecule has 1 rings (SSSR count). The molecule has 0 fully saturated rings. The molecule has 0 saturated carbocycles. The van der Waals surface area contributed by atoms with Gasteiger partial charge in [0.1, 0.15) is 5.75 Å². The fraction of sp³-hybridized carbons (Fsp3) is 0.300. The lowest BCUT2D eigenvalue weighted by Gasteiger charge is -2.09. The first-order chi connectivity index (χ1) is 8.33. The lowest BCUT2D eigenvalue weighted by molar-refractivity contribution is 0.0953. The zero-order chi connectivity index (χ0) is 13.8. The predicted octanol–water partition coefficient (Wildman–Crippen LogP) is -0.105. The highest BCUT2D eigenvalue weighted by molar-refractivity contribution is 7.85. The number of amides is 1. The zero-order valence-electron chi connectivity index (χ0n) is 9.71. The van der Waals surface area contributed by atoms with E-state index >= 15 is 0 Å². The van der Waals surface area contributed by atoms with E-state index in [2.05, 4.69) is 5.32 Å². The van der Waals surface area contributed by atoms with Gasteiger partial charge in [-0.05, 0) is 18.2 Å². The normalized spacial score (nSPS) is 11.0. The number of nitrogens with one attached hydrogen (secondary N) is 1. The van der Waals surface area contributed by atoms with Crippen LogP contribution >= 0.6 is 0 Å². The molecular weight excluding hydrogens is 260 g/mol. The van der Waals surface area contributed by atoms with Crippen LogP contribution < -0.4 is 15.8 Å². The van der Waals surface area contributed by atoms with Crippen molar-refractivity contribution in [1.82, 2.24) is 5.32 Å². The second-order valence-electron chi connectivity index (χ2n) is 3.50. The van der Waals surface area contributed by atoms with Crippen LogP contribution in [0.4, 0.5) is 5.69 Å². The highest BCUT2D eigenvalue weighted by atomic mass is 32.2. The van der Waals surface area contributed by atoms with Gasteiger partial charge in [0.05, 0.1) is 18.4 Å². The summed E-state index contributed by atoms with van der Waals surface area (Å²) >= 11 is 0. The molecule has 0 aromatic heterocycles. The van der Waals surface area contributed by atoms with E-state index in [0.29, 0.717) is 11.4 Å². The average Bonchev–Trinajstić information content (AvgIpc) is 2.27. The van der Waals surface area contributed by atoms with Crippen LogP contribution in [0.15, 0.2) is 18.2 Å². The number of nitrogens with two attached hydrogens (primary N) is 1. The highest BCUT2D eigenvalue weighted by Gasteiger charge is 2.13. The van der Waals surface area contributed by atoms with E-state index in [1.54, 1.807) is 6.07 Å². The minimum atomic E-state index is -4.10. The maximum Gasteiger partial charge on any atom is 0.266 e. The van der Waals surface area contributed by atoms with Crippen LogP contribution in [0.1, 0.15) is 10.4 Å². The van der Waals surface area contributed by atoms with E-state index in [9.17, 15) is 13.2 Å². The first-order valence-electron chi connectivity index (χ1n) is 5.00. The molecule has 8 heteroatoms. The molecule has 0 atom stereocenters. The third-order valence-electron chi connectivity index (χ3n) is 2.11. The molecule has 100 valence electrons. The van der Waals surface area contributed by atoms with Crippen LogP contribution in [0, 0.1) is 0 Å². The van der Waals surface area contributed by atoms with Crippen molar-refractivity contribution in [3.63, 3.8) is 0 Å². The minimum absolute atomic E-state index is 0.199. The SMILES string of the molecule is COc1ccc(N)cc1C(=O)NCCS(=O)(=O)O. The molecule has 0 heterocycles. The number of hydrogen-bond acceptors (Lipinski definition) is 5. The molecule has 0 aliphatic heterocycles. The molecule has 1 amide bonds. The number of benzene rings is 1. The van der Waals surface area contributed by atoms with E-state index in [0.717, 1.165) is 0 Å². The van der Waals surface area contributed by atoms with Gasteiger partial charge < -0.3 is 15.8 Å². The number of rotatable bonds is 5. The molecule has 7 nitrogen and oxygen atoms in total. The van der Waals surface area contributed by atoms with Gasteiger partial charge in [0, 0.05) is 12.2 Å². The number of ether oxygens (including phenoxy) is 1. The molecule has 0 radical (unpaired) electrons. The fourth-order valence-corrected chi connectivity index (χ4v) is 1.65. The van der Waals surface area contributed by atoms with Crippen LogP contribution in [0.25, 0.3) is 0 Å². The molecular formula is C10H14N2O5S. The molecule has 0 spiro atoms. The molecule has 0 unspecified atom stereocenters. The van der Waals surface area contributed by atoms with E-state index in [1.165, 1.54) is 19.2 Å². The second-order valence-corrected chi connectivity index (χ2v) is 5.07. The standard InChI is InChI=1S/C10H14N2O5S/c1-17-9-3-2-7(11)6-8(9)10(13)12-4-5-18(14,15)16/h2-3,6H,4-5,11H2,1H3,(H,12,13)(H,14,15,16). The second kappa shape index (κ2) is 5.69. The summed E-state index contributed by atoms with van der Waals surface area (Å²) in [6, 6.07) is 4.53. The van der Waals surface area contributed by atoms with E-state index in [1.807, 2.05) is 0 Å². The van der Waals surface area contributed by atoms with Gasteiger partial charge >= 0.3 is 0 Å². The van der Waals surface area contributed by atoms with Crippen LogP contribution in [-0.4, -0.2) is 38.3 Å². The van der Waals surface area contributed by atoms with Gasteiger partial charge in [0.25, 0.3) is 16.0 Å². The van der Waals surface area contributed by atoms with Gasteiger partial charge in [-0.15, -0.1) is 0 Å². The Morgan fingerprint density at radius 3 is 2.72 bits per heavy atom. The lowest BCUT2D eigenvalue weighted by Crippen LogP contribution is -2.29. The van der Waals surface area contributed by atoms with Crippen LogP contribution in [-0.2, 0) is 10.1 Å². The summed E-state index contributed by atoms with van der Waals surface area (Å²) in [5.41, 5.74) is 6.13. The first-order valence-corrected chi connectivity index (χ1v) is 6.61. The quantitative estimate of drug-likeness (QED) is 0.509. The largest absolute Gasteiger partial charge is 0.496 e. The molecule has 1 aromatic carbocycles. The lowest BCUT2D eigenvalue weighted by atomic mass is 10.1. The van der Waals surface area contributed by atoms with Gasteiger partial charge in [-0.3, -0.25) is 9.35 Å². The third-order valence-corrected chi connectivity index (χ3v) is 2.83. The molecule has 18 heavy (non-hydrogen) atoms. The van der Waals surface area contributed by atoms with Crippen molar-refractivity contribution >= 4 is 21.7 Å². The van der Waals surface area contributed by atoms with Crippen LogP contribution in [0.2, 0.25) is 0 Å². The molecule has 0 saturated heterocycles. The van der Waals surface area contributed by atoms with Crippen molar-refractivity contribution in [3.8, 4) is 5.75 Å².